The third-order valence-corrected chi connectivity index (χ3v) is 3.30. The van der Waals surface area contributed by atoms with E-state index in [4.69, 9.17) is 5.84 Å². The lowest BCUT2D eigenvalue weighted by Gasteiger charge is -2.16. The first-order chi connectivity index (χ1) is 9.09. The van der Waals surface area contributed by atoms with E-state index in [1.54, 1.807) is 31.5 Å². The highest BCUT2D eigenvalue weighted by molar-refractivity contribution is 9.10. The molecule has 0 aliphatic heterocycles. The van der Waals surface area contributed by atoms with E-state index in [1.165, 1.54) is 11.1 Å². The maximum Gasteiger partial charge on any atom is 0.148 e. The van der Waals surface area contributed by atoms with E-state index in [-0.39, 0.29) is 5.82 Å². The number of aromatic nitrogens is 1. The third kappa shape index (κ3) is 3.19. The molecule has 2 rings (SSSR count). The molecule has 2 aromatic rings. The zero-order valence-electron chi connectivity index (χ0n) is 10.3. The normalized spacial score (nSPS) is 10.9. The van der Waals surface area contributed by atoms with E-state index < -0.39 is 0 Å². The van der Waals surface area contributed by atoms with Crippen molar-refractivity contribution in [3.05, 3.63) is 58.1 Å². The molecule has 2 N–H and O–H groups in total. The average Bonchev–Trinajstić information content (AvgIpc) is 2.38. The summed E-state index contributed by atoms with van der Waals surface area (Å²) in [6, 6.07) is 8.62. The molecule has 0 radical (unpaired) electrons. The summed E-state index contributed by atoms with van der Waals surface area (Å²) >= 11 is 3.46. The molecule has 0 fully saturated rings. The van der Waals surface area contributed by atoms with E-state index in [0.717, 1.165) is 15.7 Å². The SMILES string of the molecule is CN(N)c1cccc(Br)c1/C=C/c1ncccc1F. The minimum atomic E-state index is -0.353. The summed E-state index contributed by atoms with van der Waals surface area (Å²) in [7, 11) is 1.75. The zero-order valence-corrected chi connectivity index (χ0v) is 11.9. The number of hydrogen-bond donors (Lipinski definition) is 1. The van der Waals surface area contributed by atoms with E-state index >= 15 is 0 Å². The molecule has 98 valence electrons. The Balaban J connectivity index is 2.41. The molecule has 1 aromatic heterocycles. The number of nitrogens with two attached hydrogens (primary N) is 1. The van der Waals surface area contributed by atoms with Crippen LogP contribution in [0.25, 0.3) is 12.2 Å². The van der Waals surface area contributed by atoms with Crippen LogP contribution in [0.4, 0.5) is 10.1 Å². The molecule has 0 amide bonds. The summed E-state index contributed by atoms with van der Waals surface area (Å²) in [5, 5.41) is 1.51. The Kier molecular flexibility index (Phi) is 4.29. The van der Waals surface area contributed by atoms with Gasteiger partial charge in [-0.3, -0.25) is 4.98 Å². The Morgan fingerprint density at radius 1 is 1.26 bits per heavy atom. The first kappa shape index (κ1) is 13.7. The van der Waals surface area contributed by atoms with Crippen molar-refractivity contribution in [1.29, 1.82) is 0 Å². The van der Waals surface area contributed by atoms with Crippen molar-refractivity contribution in [3.8, 4) is 0 Å². The van der Waals surface area contributed by atoms with Crippen LogP contribution in [0.2, 0.25) is 0 Å². The maximum absolute atomic E-state index is 13.5. The second kappa shape index (κ2) is 5.95. The fourth-order valence-electron chi connectivity index (χ4n) is 1.68. The third-order valence-electron chi connectivity index (χ3n) is 2.60. The summed E-state index contributed by atoms with van der Waals surface area (Å²) in [5.41, 5.74) is 2.00. The topological polar surface area (TPSA) is 42.1 Å². The molecule has 0 saturated heterocycles. The van der Waals surface area contributed by atoms with Gasteiger partial charge in [0.05, 0.1) is 11.4 Å². The van der Waals surface area contributed by atoms with Gasteiger partial charge in [-0.2, -0.15) is 0 Å². The molecule has 1 heterocycles. The second-order valence-corrected chi connectivity index (χ2v) is 4.84. The van der Waals surface area contributed by atoms with E-state index in [9.17, 15) is 4.39 Å². The van der Waals surface area contributed by atoms with E-state index in [2.05, 4.69) is 20.9 Å². The molecule has 5 heteroatoms. The molecule has 0 bridgehead atoms. The Morgan fingerprint density at radius 2 is 2.05 bits per heavy atom. The molecule has 0 aliphatic rings. The predicted octanol–water partition coefficient (Wildman–Crippen LogP) is 3.46. The van der Waals surface area contributed by atoms with Gasteiger partial charge in [0.2, 0.25) is 0 Å². The Bertz CT molecular complexity index is 611. The quantitative estimate of drug-likeness (QED) is 0.695. The van der Waals surface area contributed by atoms with E-state index in [0.29, 0.717) is 5.69 Å². The van der Waals surface area contributed by atoms with Crippen LogP contribution in [-0.2, 0) is 0 Å². The monoisotopic (exact) mass is 321 g/mol. The second-order valence-electron chi connectivity index (χ2n) is 3.99. The summed E-state index contributed by atoms with van der Waals surface area (Å²) in [6.07, 6.45) is 4.97. The lowest BCUT2D eigenvalue weighted by atomic mass is 10.1. The van der Waals surface area contributed by atoms with Crippen LogP contribution in [-0.4, -0.2) is 12.0 Å². The van der Waals surface area contributed by atoms with Gasteiger partial charge in [0.25, 0.3) is 0 Å². The van der Waals surface area contributed by atoms with Gasteiger partial charge in [0, 0.05) is 23.3 Å². The Hall–Kier alpha value is -1.72. The van der Waals surface area contributed by atoms with Crippen molar-refractivity contribution >= 4 is 33.8 Å². The van der Waals surface area contributed by atoms with Crippen molar-refractivity contribution in [1.82, 2.24) is 4.98 Å². The van der Waals surface area contributed by atoms with Crippen LogP contribution >= 0.6 is 15.9 Å². The molecule has 0 unspecified atom stereocenters. The molecule has 19 heavy (non-hydrogen) atoms. The van der Waals surface area contributed by atoms with Crippen LogP contribution in [0.15, 0.2) is 41.0 Å². The van der Waals surface area contributed by atoms with Crippen LogP contribution < -0.4 is 10.9 Å². The molecule has 0 atom stereocenters. The molecule has 0 spiro atoms. The molecule has 0 aliphatic carbocycles. The van der Waals surface area contributed by atoms with Crippen molar-refractivity contribution in [2.45, 2.75) is 0 Å². The van der Waals surface area contributed by atoms with E-state index in [1.807, 2.05) is 18.2 Å². The molecule has 1 aromatic carbocycles. The van der Waals surface area contributed by atoms with Gasteiger partial charge in [0.15, 0.2) is 0 Å². The van der Waals surface area contributed by atoms with Crippen molar-refractivity contribution in [2.75, 3.05) is 12.1 Å². The zero-order chi connectivity index (χ0) is 13.8. The Labute approximate surface area is 119 Å². The van der Waals surface area contributed by atoms with Crippen LogP contribution in [0, 0.1) is 5.82 Å². The summed E-state index contributed by atoms with van der Waals surface area (Å²) < 4.78 is 14.4. The standard InChI is InChI=1S/C14H13BrFN3/c1-19(17)14-6-2-4-11(15)10(14)7-8-13-12(16)5-3-9-18-13/h2-9H,17H2,1H3/b8-7+. The molecule has 0 saturated carbocycles. The van der Waals surface area contributed by atoms with Gasteiger partial charge in [0.1, 0.15) is 5.82 Å². The lowest BCUT2D eigenvalue weighted by molar-refractivity contribution is 0.618. The highest BCUT2D eigenvalue weighted by Gasteiger charge is 2.06. The number of pyridine rings is 1. The smallest absolute Gasteiger partial charge is 0.148 e. The fraction of sp³-hybridized carbons (Fsp3) is 0.0714. The van der Waals surface area contributed by atoms with Crippen molar-refractivity contribution in [2.24, 2.45) is 5.84 Å². The predicted molar refractivity (Wildman–Crippen MR) is 79.9 cm³/mol. The fourth-order valence-corrected chi connectivity index (χ4v) is 2.17. The number of benzene rings is 1. The van der Waals surface area contributed by atoms with Crippen LogP contribution in [0.1, 0.15) is 11.3 Å². The lowest BCUT2D eigenvalue weighted by Crippen LogP contribution is -2.25. The minimum Gasteiger partial charge on any atom is -0.313 e. The minimum absolute atomic E-state index is 0.295. The van der Waals surface area contributed by atoms with Gasteiger partial charge in [-0.25, -0.2) is 10.2 Å². The highest BCUT2D eigenvalue weighted by Crippen LogP contribution is 2.28. The number of anilines is 1. The number of nitrogens with zero attached hydrogens (tertiary/aromatic N) is 2. The summed E-state index contributed by atoms with van der Waals surface area (Å²) in [5.74, 6) is 5.42. The van der Waals surface area contributed by atoms with Gasteiger partial charge in [-0.1, -0.05) is 22.0 Å². The van der Waals surface area contributed by atoms with Crippen LogP contribution in [0.5, 0.6) is 0 Å². The van der Waals surface area contributed by atoms with Crippen molar-refractivity contribution in [3.63, 3.8) is 0 Å². The number of rotatable bonds is 3. The van der Waals surface area contributed by atoms with Gasteiger partial charge in [-0.05, 0) is 36.4 Å². The van der Waals surface area contributed by atoms with Gasteiger partial charge < -0.3 is 5.01 Å². The van der Waals surface area contributed by atoms with Crippen molar-refractivity contribution < 1.29 is 4.39 Å². The van der Waals surface area contributed by atoms with Crippen LogP contribution in [0.3, 0.4) is 0 Å². The summed E-state index contributed by atoms with van der Waals surface area (Å²) in [6.45, 7) is 0. The summed E-state index contributed by atoms with van der Waals surface area (Å²) in [4.78, 5) is 3.98. The number of halogens is 2. The number of hydrogen-bond acceptors (Lipinski definition) is 3. The Morgan fingerprint density at radius 3 is 2.74 bits per heavy atom. The first-order valence-corrected chi connectivity index (χ1v) is 6.44. The molecular formula is C14H13BrFN3. The first-order valence-electron chi connectivity index (χ1n) is 5.65. The maximum atomic E-state index is 13.5. The highest BCUT2D eigenvalue weighted by atomic mass is 79.9. The van der Waals surface area contributed by atoms with Gasteiger partial charge in [-0.15, -0.1) is 0 Å². The van der Waals surface area contributed by atoms with Gasteiger partial charge >= 0.3 is 0 Å². The average molecular weight is 322 g/mol. The molecular weight excluding hydrogens is 309 g/mol. The molecule has 3 nitrogen and oxygen atoms in total. The largest absolute Gasteiger partial charge is 0.313 e. The number of hydrazine groups is 1.